The van der Waals surface area contributed by atoms with Crippen molar-refractivity contribution in [1.29, 1.82) is 0 Å². The highest BCUT2D eigenvalue weighted by atomic mass is 19.1. The normalized spacial score (nSPS) is 17.7. The first-order valence-electron chi connectivity index (χ1n) is 8.09. The summed E-state index contributed by atoms with van der Waals surface area (Å²) in [6.45, 7) is -0.134. The zero-order chi connectivity index (χ0) is 16.7. The molecule has 2 aromatic rings. The van der Waals surface area contributed by atoms with Gasteiger partial charge in [-0.25, -0.2) is 4.39 Å². The van der Waals surface area contributed by atoms with E-state index in [-0.39, 0.29) is 24.2 Å². The van der Waals surface area contributed by atoms with E-state index in [9.17, 15) is 14.0 Å². The molecule has 4 rings (SSSR count). The molecule has 2 amide bonds. The first kappa shape index (κ1) is 14.9. The summed E-state index contributed by atoms with van der Waals surface area (Å²) >= 11 is 0. The van der Waals surface area contributed by atoms with Crippen LogP contribution >= 0.6 is 0 Å². The molecule has 1 aromatic heterocycles. The van der Waals surface area contributed by atoms with E-state index in [1.54, 1.807) is 23.0 Å². The molecule has 24 heavy (non-hydrogen) atoms. The van der Waals surface area contributed by atoms with Crippen LogP contribution in [0.15, 0.2) is 30.5 Å². The molecule has 0 saturated heterocycles. The fourth-order valence-corrected chi connectivity index (χ4v) is 3.51. The summed E-state index contributed by atoms with van der Waals surface area (Å²) in [6.07, 6.45) is 5.83. The Kier molecular flexibility index (Phi) is 3.55. The summed E-state index contributed by atoms with van der Waals surface area (Å²) in [5.41, 5.74) is 0.861. The number of amides is 2. The molecule has 7 heteroatoms. The molecular weight excluding hydrogens is 311 g/mol. The minimum Gasteiger partial charge on any atom is -0.320 e. The van der Waals surface area contributed by atoms with Gasteiger partial charge in [0.2, 0.25) is 5.91 Å². The van der Waals surface area contributed by atoms with Crippen molar-refractivity contribution < 1.29 is 14.0 Å². The van der Waals surface area contributed by atoms with Crippen molar-refractivity contribution in [2.45, 2.75) is 31.7 Å². The van der Waals surface area contributed by atoms with Crippen molar-refractivity contribution in [2.75, 3.05) is 16.8 Å². The number of para-hydroxylation sites is 1. The summed E-state index contributed by atoms with van der Waals surface area (Å²) in [4.78, 5) is 26.2. The Morgan fingerprint density at radius 3 is 2.83 bits per heavy atom. The number of fused-ring (bicyclic) bond motifs is 1. The second-order valence-electron chi connectivity index (χ2n) is 6.17. The summed E-state index contributed by atoms with van der Waals surface area (Å²) < 4.78 is 15.7. The van der Waals surface area contributed by atoms with Crippen LogP contribution in [-0.2, 0) is 4.79 Å². The van der Waals surface area contributed by atoms with Gasteiger partial charge in [0.25, 0.3) is 5.91 Å². The van der Waals surface area contributed by atoms with Crippen LogP contribution in [0.4, 0.5) is 15.8 Å². The molecule has 0 unspecified atom stereocenters. The maximum Gasteiger partial charge on any atom is 0.277 e. The van der Waals surface area contributed by atoms with Crippen LogP contribution in [0.25, 0.3) is 0 Å². The quantitative estimate of drug-likeness (QED) is 0.922. The summed E-state index contributed by atoms with van der Waals surface area (Å²) in [5.74, 6) is -1.29. The lowest BCUT2D eigenvalue weighted by Gasteiger charge is -2.29. The van der Waals surface area contributed by atoms with Crippen LogP contribution in [0.1, 0.15) is 42.2 Å². The van der Waals surface area contributed by atoms with Gasteiger partial charge in [-0.05, 0) is 31.0 Å². The van der Waals surface area contributed by atoms with Crippen molar-refractivity contribution >= 4 is 23.2 Å². The number of carbonyl (C=O) groups is 2. The van der Waals surface area contributed by atoms with E-state index in [0.29, 0.717) is 11.4 Å². The predicted octanol–water partition coefficient (Wildman–Crippen LogP) is 2.74. The van der Waals surface area contributed by atoms with Crippen molar-refractivity contribution in [3.05, 3.63) is 42.0 Å². The average Bonchev–Trinajstić information content (AvgIpc) is 3.25. The van der Waals surface area contributed by atoms with Gasteiger partial charge in [-0.3, -0.25) is 19.2 Å². The predicted molar refractivity (Wildman–Crippen MR) is 86.4 cm³/mol. The number of nitrogens with zero attached hydrogens (tertiary/aromatic N) is 3. The third-order valence-electron chi connectivity index (χ3n) is 4.65. The highest BCUT2D eigenvalue weighted by molar-refractivity contribution is 6.14. The van der Waals surface area contributed by atoms with E-state index in [1.807, 2.05) is 0 Å². The lowest BCUT2D eigenvalue weighted by Crippen LogP contribution is -2.43. The third-order valence-corrected chi connectivity index (χ3v) is 4.65. The van der Waals surface area contributed by atoms with Gasteiger partial charge in [0, 0.05) is 6.20 Å². The molecule has 1 fully saturated rings. The van der Waals surface area contributed by atoms with E-state index in [4.69, 9.17) is 0 Å². The van der Waals surface area contributed by atoms with E-state index >= 15 is 0 Å². The smallest absolute Gasteiger partial charge is 0.277 e. The number of nitrogens with one attached hydrogen (secondary N) is 1. The van der Waals surface area contributed by atoms with Crippen LogP contribution in [0.3, 0.4) is 0 Å². The molecule has 0 radical (unpaired) electrons. The highest BCUT2D eigenvalue weighted by Crippen LogP contribution is 2.34. The monoisotopic (exact) mass is 328 g/mol. The standard InChI is InChI=1S/C17H17FN4O2/c18-12-6-3-7-13-16(12)20-15(23)10-21(13)17(24)14-8-9-19-22(14)11-4-1-2-5-11/h3,6-9,11H,1-2,4-5,10H2,(H,20,23). The van der Waals surface area contributed by atoms with Crippen molar-refractivity contribution in [2.24, 2.45) is 0 Å². The van der Waals surface area contributed by atoms with Gasteiger partial charge in [0.1, 0.15) is 23.7 Å². The number of aromatic nitrogens is 2. The van der Waals surface area contributed by atoms with Crippen LogP contribution < -0.4 is 10.2 Å². The molecule has 2 aliphatic rings. The lowest BCUT2D eigenvalue weighted by atomic mass is 10.1. The molecule has 1 saturated carbocycles. The minimum atomic E-state index is -0.553. The van der Waals surface area contributed by atoms with Gasteiger partial charge in [-0.2, -0.15) is 5.10 Å². The Balaban J connectivity index is 1.72. The Hall–Kier alpha value is -2.70. The number of benzene rings is 1. The zero-order valence-corrected chi connectivity index (χ0v) is 13.0. The number of anilines is 2. The Morgan fingerprint density at radius 2 is 2.04 bits per heavy atom. The first-order chi connectivity index (χ1) is 11.6. The SMILES string of the molecule is O=C1CN(C(=O)c2ccnn2C2CCCC2)c2cccc(F)c2N1. The number of halogens is 1. The largest absolute Gasteiger partial charge is 0.320 e. The molecule has 0 spiro atoms. The minimum absolute atomic E-state index is 0.0500. The van der Waals surface area contributed by atoms with Crippen LogP contribution in [0, 0.1) is 5.82 Å². The van der Waals surface area contributed by atoms with Crippen molar-refractivity contribution in [3.63, 3.8) is 0 Å². The molecule has 124 valence electrons. The molecular formula is C17H17FN4O2. The van der Waals surface area contributed by atoms with Gasteiger partial charge in [0.15, 0.2) is 0 Å². The number of rotatable bonds is 2. The van der Waals surface area contributed by atoms with Gasteiger partial charge >= 0.3 is 0 Å². The molecule has 1 aliphatic carbocycles. The van der Waals surface area contributed by atoms with Gasteiger partial charge in [-0.15, -0.1) is 0 Å². The van der Waals surface area contributed by atoms with E-state index < -0.39 is 11.7 Å². The molecule has 1 aliphatic heterocycles. The zero-order valence-electron chi connectivity index (χ0n) is 13.0. The maximum absolute atomic E-state index is 14.0. The summed E-state index contributed by atoms with van der Waals surface area (Å²) in [7, 11) is 0. The number of carbonyl (C=O) groups excluding carboxylic acids is 2. The lowest BCUT2D eigenvalue weighted by molar-refractivity contribution is -0.115. The third kappa shape index (κ3) is 2.36. The van der Waals surface area contributed by atoms with Gasteiger partial charge < -0.3 is 5.32 Å². The number of hydrogen-bond acceptors (Lipinski definition) is 3. The Bertz CT molecular complexity index is 811. The fraction of sp³-hybridized carbons (Fsp3) is 0.353. The maximum atomic E-state index is 14.0. The molecule has 0 bridgehead atoms. The second kappa shape index (κ2) is 5.74. The molecule has 2 heterocycles. The fourth-order valence-electron chi connectivity index (χ4n) is 3.51. The van der Waals surface area contributed by atoms with E-state index in [0.717, 1.165) is 25.7 Å². The van der Waals surface area contributed by atoms with Crippen LogP contribution in [-0.4, -0.2) is 28.1 Å². The average molecular weight is 328 g/mol. The van der Waals surface area contributed by atoms with Crippen LogP contribution in [0.2, 0.25) is 0 Å². The molecule has 6 nitrogen and oxygen atoms in total. The summed E-state index contributed by atoms with van der Waals surface area (Å²) in [5, 5.41) is 6.80. The Morgan fingerprint density at radius 1 is 1.25 bits per heavy atom. The van der Waals surface area contributed by atoms with E-state index in [1.165, 1.54) is 17.0 Å². The first-order valence-corrected chi connectivity index (χ1v) is 8.09. The molecule has 0 atom stereocenters. The van der Waals surface area contributed by atoms with Gasteiger partial charge in [0.05, 0.1) is 11.7 Å². The van der Waals surface area contributed by atoms with Crippen LogP contribution in [0.5, 0.6) is 0 Å². The topological polar surface area (TPSA) is 67.2 Å². The van der Waals surface area contributed by atoms with Crippen molar-refractivity contribution in [1.82, 2.24) is 9.78 Å². The number of hydrogen-bond donors (Lipinski definition) is 1. The van der Waals surface area contributed by atoms with Crippen molar-refractivity contribution in [3.8, 4) is 0 Å². The van der Waals surface area contributed by atoms with Gasteiger partial charge in [-0.1, -0.05) is 18.9 Å². The molecule has 1 aromatic carbocycles. The Labute approximate surface area is 138 Å². The van der Waals surface area contributed by atoms with E-state index in [2.05, 4.69) is 10.4 Å². The molecule has 1 N–H and O–H groups in total. The second-order valence-corrected chi connectivity index (χ2v) is 6.17. The highest BCUT2D eigenvalue weighted by Gasteiger charge is 2.32. The summed E-state index contributed by atoms with van der Waals surface area (Å²) in [6, 6.07) is 6.29.